The molecule has 0 spiro atoms. The number of rotatable bonds is 7. The number of aromatic nitrogens is 1. The summed E-state index contributed by atoms with van der Waals surface area (Å²) < 4.78 is 10.9. The highest BCUT2D eigenvalue weighted by Crippen LogP contribution is 2.55. The number of aryl methyl sites for hydroxylation is 1. The molecule has 1 aliphatic rings. The van der Waals surface area contributed by atoms with Gasteiger partial charge in [-0.05, 0) is 49.6 Å². The molecule has 4 rings (SSSR count). The van der Waals surface area contributed by atoms with Crippen molar-refractivity contribution in [3.05, 3.63) is 71.4 Å². The van der Waals surface area contributed by atoms with Crippen LogP contribution in [0.15, 0.2) is 54.6 Å². The number of hydroxylamine groups is 1. The van der Waals surface area contributed by atoms with Crippen molar-refractivity contribution in [2.45, 2.75) is 26.4 Å². The first-order valence-electron chi connectivity index (χ1n) is 10.1. The molecule has 1 heterocycles. The van der Waals surface area contributed by atoms with Gasteiger partial charge in [-0.15, -0.1) is 0 Å². The third-order valence-electron chi connectivity index (χ3n) is 5.86. The highest BCUT2D eigenvalue weighted by Gasteiger charge is 2.64. The van der Waals surface area contributed by atoms with Gasteiger partial charge in [0, 0.05) is 16.6 Å². The summed E-state index contributed by atoms with van der Waals surface area (Å²) in [5, 5.41) is 9.96. The molecule has 31 heavy (non-hydrogen) atoms. The van der Waals surface area contributed by atoms with Crippen LogP contribution in [-0.2, 0) is 27.4 Å². The Labute approximate surface area is 180 Å². The van der Waals surface area contributed by atoms with E-state index in [0.717, 1.165) is 27.7 Å². The number of pyridine rings is 1. The first-order chi connectivity index (χ1) is 15.0. The third-order valence-corrected chi connectivity index (χ3v) is 5.86. The van der Waals surface area contributed by atoms with Crippen LogP contribution >= 0.6 is 0 Å². The van der Waals surface area contributed by atoms with E-state index in [2.05, 4.69) is 4.98 Å². The summed E-state index contributed by atoms with van der Waals surface area (Å²) in [5.74, 6) is -0.898. The molecule has 7 nitrogen and oxygen atoms in total. The smallest absolute Gasteiger partial charge is 0.312 e. The molecule has 0 aliphatic heterocycles. The molecule has 0 saturated heterocycles. The van der Waals surface area contributed by atoms with Crippen molar-refractivity contribution >= 4 is 22.8 Å². The predicted octanol–water partition coefficient (Wildman–Crippen LogP) is 3.35. The van der Waals surface area contributed by atoms with Gasteiger partial charge in [0.15, 0.2) is 0 Å². The van der Waals surface area contributed by atoms with Crippen LogP contribution in [0.25, 0.3) is 10.9 Å². The minimum absolute atomic E-state index is 0.346. The topological polar surface area (TPSA) is 97.8 Å². The van der Waals surface area contributed by atoms with E-state index < -0.39 is 23.2 Å². The molecule has 1 amide bonds. The number of nitrogens with one attached hydrogen (secondary N) is 1. The standard InChI is InChI=1S/C24H24N2O5/c1-15-11-17(19-5-3-4-6-21(19)25-15)14-31-18-9-7-16(8-10-18)12-24(23(28)30-2)13-20(24)22(27)26-29/h3-11,20,29H,12-14H2,1-2H3,(H,26,27)/t20-,24+/m0/s1. The average Bonchev–Trinajstić information content (AvgIpc) is 3.52. The normalized spacial score (nSPS) is 19.6. The van der Waals surface area contributed by atoms with Gasteiger partial charge in [0.1, 0.15) is 12.4 Å². The number of esters is 1. The zero-order valence-corrected chi connectivity index (χ0v) is 17.4. The van der Waals surface area contributed by atoms with Gasteiger partial charge in [-0.2, -0.15) is 0 Å². The molecule has 3 aromatic rings. The second-order valence-corrected chi connectivity index (χ2v) is 7.93. The summed E-state index contributed by atoms with van der Waals surface area (Å²) in [6.07, 6.45) is 0.699. The summed E-state index contributed by atoms with van der Waals surface area (Å²) in [6, 6.07) is 17.4. The number of carbonyl (C=O) groups excluding carboxylic acids is 2. The maximum atomic E-state index is 12.3. The van der Waals surface area contributed by atoms with E-state index in [1.807, 2.05) is 61.5 Å². The Hall–Kier alpha value is -3.45. The zero-order valence-electron chi connectivity index (χ0n) is 17.4. The highest BCUT2D eigenvalue weighted by atomic mass is 16.5. The summed E-state index contributed by atoms with van der Waals surface area (Å²) in [5.41, 5.74) is 4.53. The van der Waals surface area contributed by atoms with Gasteiger partial charge in [0.2, 0.25) is 5.91 Å². The number of carbonyl (C=O) groups is 2. The molecule has 0 bridgehead atoms. The predicted molar refractivity (Wildman–Crippen MR) is 113 cm³/mol. The fourth-order valence-electron chi connectivity index (χ4n) is 4.17. The van der Waals surface area contributed by atoms with Gasteiger partial charge in [-0.25, -0.2) is 5.48 Å². The van der Waals surface area contributed by atoms with E-state index in [1.54, 1.807) is 5.48 Å². The number of amides is 1. The Kier molecular flexibility index (Phi) is 5.61. The molecule has 1 aromatic heterocycles. The fourth-order valence-corrected chi connectivity index (χ4v) is 4.17. The van der Waals surface area contributed by atoms with Crippen LogP contribution in [0.2, 0.25) is 0 Å². The van der Waals surface area contributed by atoms with Gasteiger partial charge >= 0.3 is 5.97 Å². The minimum atomic E-state index is -0.933. The minimum Gasteiger partial charge on any atom is -0.489 e. The van der Waals surface area contributed by atoms with E-state index in [-0.39, 0.29) is 0 Å². The Morgan fingerprint density at radius 1 is 1.19 bits per heavy atom. The van der Waals surface area contributed by atoms with Crippen molar-refractivity contribution in [2.75, 3.05) is 7.11 Å². The lowest BCUT2D eigenvalue weighted by Gasteiger charge is -2.15. The van der Waals surface area contributed by atoms with Gasteiger partial charge in [0.05, 0.1) is 24.0 Å². The van der Waals surface area contributed by atoms with Crippen molar-refractivity contribution < 1.29 is 24.3 Å². The number of benzene rings is 2. The molecular formula is C24H24N2O5. The van der Waals surface area contributed by atoms with Crippen molar-refractivity contribution in [2.24, 2.45) is 11.3 Å². The van der Waals surface area contributed by atoms with Crippen molar-refractivity contribution in [1.82, 2.24) is 10.5 Å². The number of nitrogens with zero attached hydrogens (tertiary/aromatic N) is 1. The Balaban J connectivity index is 1.46. The largest absolute Gasteiger partial charge is 0.489 e. The number of para-hydroxylation sites is 1. The number of methoxy groups -OCH3 is 1. The molecule has 1 fully saturated rings. The quantitative estimate of drug-likeness (QED) is 0.346. The molecule has 1 saturated carbocycles. The number of ether oxygens (including phenoxy) is 2. The average molecular weight is 420 g/mol. The summed E-state index contributed by atoms with van der Waals surface area (Å²) >= 11 is 0. The molecule has 1 aliphatic carbocycles. The third kappa shape index (κ3) is 4.09. The molecule has 7 heteroatoms. The molecule has 0 unspecified atom stereocenters. The Morgan fingerprint density at radius 3 is 2.65 bits per heavy atom. The molecule has 0 radical (unpaired) electrons. The van der Waals surface area contributed by atoms with Crippen LogP contribution in [0.5, 0.6) is 5.75 Å². The number of hydrogen-bond donors (Lipinski definition) is 2. The van der Waals surface area contributed by atoms with Crippen LogP contribution < -0.4 is 10.2 Å². The van der Waals surface area contributed by atoms with Gasteiger partial charge in [-0.3, -0.25) is 19.8 Å². The molecule has 160 valence electrons. The van der Waals surface area contributed by atoms with E-state index in [0.29, 0.717) is 25.2 Å². The maximum absolute atomic E-state index is 12.3. The lowest BCUT2D eigenvalue weighted by atomic mass is 9.93. The summed E-state index contributed by atoms with van der Waals surface area (Å²) in [7, 11) is 1.30. The molecular weight excluding hydrogens is 396 g/mol. The monoisotopic (exact) mass is 420 g/mol. The van der Waals surface area contributed by atoms with E-state index >= 15 is 0 Å². The Bertz CT molecular complexity index is 1130. The molecule has 2 atom stereocenters. The Morgan fingerprint density at radius 2 is 1.94 bits per heavy atom. The van der Waals surface area contributed by atoms with Gasteiger partial charge in [-0.1, -0.05) is 30.3 Å². The van der Waals surface area contributed by atoms with Crippen LogP contribution in [0.4, 0.5) is 0 Å². The number of fused-ring (bicyclic) bond motifs is 1. The number of hydrogen-bond acceptors (Lipinski definition) is 6. The van der Waals surface area contributed by atoms with E-state index in [1.165, 1.54) is 7.11 Å². The van der Waals surface area contributed by atoms with Crippen molar-refractivity contribution in [1.29, 1.82) is 0 Å². The van der Waals surface area contributed by atoms with Crippen LogP contribution in [0, 0.1) is 18.3 Å². The van der Waals surface area contributed by atoms with Crippen LogP contribution in [-0.4, -0.2) is 29.2 Å². The van der Waals surface area contributed by atoms with Crippen LogP contribution in [0.3, 0.4) is 0 Å². The fraction of sp³-hybridized carbons (Fsp3) is 0.292. The SMILES string of the molecule is COC(=O)[C@]1(Cc2ccc(OCc3cc(C)nc4ccccc34)cc2)C[C@H]1C(=O)NO. The molecule has 2 N–H and O–H groups in total. The van der Waals surface area contributed by atoms with E-state index in [4.69, 9.17) is 14.7 Å². The first-order valence-corrected chi connectivity index (χ1v) is 10.1. The second kappa shape index (κ2) is 8.35. The highest BCUT2D eigenvalue weighted by molar-refractivity contribution is 5.93. The lowest BCUT2D eigenvalue weighted by Crippen LogP contribution is -2.30. The van der Waals surface area contributed by atoms with Crippen LogP contribution in [0.1, 0.15) is 23.2 Å². The van der Waals surface area contributed by atoms with Crippen molar-refractivity contribution in [3.8, 4) is 5.75 Å². The second-order valence-electron chi connectivity index (χ2n) is 7.93. The van der Waals surface area contributed by atoms with Crippen molar-refractivity contribution in [3.63, 3.8) is 0 Å². The lowest BCUT2D eigenvalue weighted by molar-refractivity contribution is -0.149. The summed E-state index contributed by atoms with van der Waals surface area (Å²) in [4.78, 5) is 28.6. The van der Waals surface area contributed by atoms with Gasteiger partial charge in [0.25, 0.3) is 0 Å². The van der Waals surface area contributed by atoms with Gasteiger partial charge < -0.3 is 9.47 Å². The van der Waals surface area contributed by atoms with E-state index in [9.17, 15) is 9.59 Å². The zero-order chi connectivity index (χ0) is 22.0. The molecule has 2 aromatic carbocycles. The summed E-state index contributed by atoms with van der Waals surface area (Å²) in [6.45, 7) is 2.37. The first kappa shape index (κ1) is 20.8. The maximum Gasteiger partial charge on any atom is 0.312 e.